The number of rotatable bonds is 4. The van der Waals surface area contributed by atoms with Crippen molar-refractivity contribution in [2.24, 2.45) is 5.41 Å². The molecule has 1 aromatic heterocycles. The average molecular weight is 351 g/mol. The van der Waals surface area contributed by atoms with Gasteiger partial charge in [-0.05, 0) is 38.0 Å². The van der Waals surface area contributed by atoms with Crippen molar-refractivity contribution >= 4 is 23.2 Å². The van der Waals surface area contributed by atoms with Gasteiger partial charge < -0.3 is 14.9 Å². The van der Waals surface area contributed by atoms with Crippen molar-refractivity contribution < 1.29 is 14.7 Å². The number of hydrogen-bond acceptors (Lipinski definition) is 5. The molecule has 0 unspecified atom stereocenters. The van der Waals surface area contributed by atoms with Gasteiger partial charge in [-0.25, -0.2) is 4.98 Å². The molecule has 0 saturated carbocycles. The number of carbonyl (C=O) groups is 2. The number of aliphatic hydroxyl groups excluding tert-OH is 1. The second-order valence-electron chi connectivity index (χ2n) is 6.94. The number of aromatic nitrogens is 1. The van der Waals surface area contributed by atoms with Crippen LogP contribution in [0.15, 0.2) is 5.38 Å². The zero-order chi connectivity index (χ0) is 17.2. The van der Waals surface area contributed by atoms with Crippen molar-refractivity contribution in [1.82, 2.24) is 14.8 Å². The number of thiazole rings is 1. The van der Waals surface area contributed by atoms with Crippen LogP contribution in [0.3, 0.4) is 0 Å². The molecule has 2 saturated heterocycles. The number of carbonyl (C=O) groups excluding carboxylic acids is 2. The summed E-state index contributed by atoms with van der Waals surface area (Å²) in [4.78, 5) is 32.7. The molecule has 7 heteroatoms. The summed E-state index contributed by atoms with van der Waals surface area (Å²) in [7, 11) is 0. The first-order valence-corrected chi connectivity index (χ1v) is 9.51. The van der Waals surface area contributed by atoms with E-state index in [4.69, 9.17) is 5.11 Å². The number of likely N-dealkylation sites (tertiary alicyclic amines) is 2. The summed E-state index contributed by atoms with van der Waals surface area (Å²) in [5.41, 5.74) is 0.690. The zero-order valence-electron chi connectivity index (χ0n) is 14.2. The number of hydrogen-bond donors (Lipinski definition) is 1. The Hall–Kier alpha value is -1.47. The van der Waals surface area contributed by atoms with Gasteiger partial charge in [-0.3, -0.25) is 9.59 Å². The predicted molar refractivity (Wildman–Crippen MR) is 91.9 cm³/mol. The van der Waals surface area contributed by atoms with E-state index in [1.807, 2.05) is 22.1 Å². The average Bonchev–Trinajstić information content (AvgIpc) is 3.02. The summed E-state index contributed by atoms with van der Waals surface area (Å²) in [5.74, 6) is 0.226. The molecule has 0 bridgehead atoms. The van der Waals surface area contributed by atoms with Gasteiger partial charge in [0.15, 0.2) is 0 Å². The Morgan fingerprint density at radius 2 is 2.12 bits per heavy atom. The Balaban J connectivity index is 1.59. The third-order valence-corrected chi connectivity index (χ3v) is 6.06. The van der Waals surface area contributed by atoms with Gasteiger partial charge in [0.25, 0.3) is 5.91 Å². The van der Waals surface area contributed by atoms with E-state index >= 15 is 0 Å². The fourth-order valence-corrected chi connectivity index (χ4v) is 4.37. The van der Waals surface area contributed by atoms with Crippen molar-refractivity contribution in [3.8, 4) is 0 Å². The maximum atomic E-state index is 12.5. The predicted octanol–water partition coefficient (Wildman–Crippen LogP) is 1.68. The Morgan fingerprint density at radius 1 is 1.38 bits per heavy atom. The minimum absolute atomic E-state index is 0.0261. The highest BCUT2D eigenvalue weighted by Gasteiger charge is 2.41. The Bertz CT molecular complexity index is 608. The lowest BCUT2D eigenvalue weighted by Gasteiger charge is -2.47. The van der Waals surface area contributed by atoms with Crippen molar-refractivity contribution in [3.63, 3.8) is 0 Å². The molecule has 24 heavy (non-hydrogen) atoms. The fraction of sp³-hybridized carbons (Fsp3) is 0.706. The lowest BCUT2D eigenvalue weighted by molar-refractivity contribution is -0.139. The minimum atomic E-state index is 0.0261. The van der Waals surface area contributed by atoms with E-state index in [1.54, 1.807) is 0 Å². The molecule has 132 valence electrons. The van der Waals surface area contributed by atoms with E-state index in [2.05, 4.69) is 4.98 Å². The highest BCUT2D eigenvalue weighted by atomic mass is 32.1. The van der Waals surface area contributed by atoms with E-state index in [1.165, 1.54) is 11.3 Å². The molecular formula is C17H25N3O3S. The van der Waals surface area contributed by atoms with Crippen LogP contribution in [0.2, 0.25) is 0 Å². The van der Waals surface area contributed by atoms with E-state index in [-0.39, 0.29) is 23.8 Å². The quantitative estimate of drug-likeness (QED) is 0.896. The molecule has 2 aliphatic rings. The van der Waals surface area contributed by atoms with E-state index < -0.39 is 0 Å². The molecule has 0 aliphatic carbocycles. The van der Waals surface area contributed by atoms with Crippen LogP contribution in [0.1, 0.15) is 47.6 Å². The molecule has 3 rings (SSSR count). The molecule has 2 amide bonds. The van der Waals surface area contributed by atoms with Crippen LogP contribution in [-0.4, -0.2) is 64.5 Å². The van der Waals surface area contributed by atoms with Gasteiger partial charge in [0.05, 0.1) is 5.01 Å². The lowest BCUT2D eigenvalue weighted by atomic mass is 9.72. The molecule has 1 spiro atoms. The summed E-state index contributed by atoms with van der Waals surface area (Å²) < 4.78 is 0. The van der Waals surface area contributed by atoms with Crippen LogP contribution in [0.4, 0.5) is 0 Å². The fourth-order valence-electron chi connectivity index (χ4n) is 3.78. The van der Waals surface area contributed by atoms with Crippen LogP contribution >= 0.6 is 11.3 Å². The van der Waals surface area contributed by atoms with Gasteiger partial charge in [0.2, 0.25) is 5.91 Å². The molecule has 6 nitrogen and oxygen atoms in total. The molecule has 2 fully saturated rings. The molecule has 0 atom stereocenters. The molecule has 0 aromatic carbocycles. The number of piperidine rings is 2. The maximum Gasteiger partial charge on any atom is 0.273 e. The van der Waals surface area contributed by atoms with Gasteiger partial charge in [0.1, 0.15) is 5.69 Å². The van der Waals surface area contributed by atoms with Crippen LogP contribution in [0.5, 0.6) is 0 Å². The summed E-state index contributed by atoms with van der Waals surface area (Å²) >= 11 is 1.50. The second-order valence-corrected chi connectivity index (χ2v) is 8.00. The Kier molecular flexibility index (Phi) is 5.20. The normalized spacial score (nSPS) is 20.7. The van der Waals surface area contributed by atoms with Crippen LogP contribution < -0.4 is 0 Å². The smallest absolute Gasteiger partial charge is 0.273 e. The van der Waals surface area contributed by atoms with Crippen molar-refractivity contribution in [2.45, 2.75) is 39.0 Å². The lowest BCUT2D eigenvalue weighted by Crippen LogP contribution is -2.52. The van der Waals surface area contributed by atoms with E-state index in [9.17, 15) is 9.59 Å². The van der Waals surface area contributed by atoms with Gasteiger partial charge in [-0.1, -0.05) is 0 Å². The van der Waals surface area contributed by atoms with Crippen molar-refractivity contribution in [3.05, 3.63) is 16.1 Å². The first-order chi connectivity index (χ1) is 11.5. The SMILES string of the molecule is Cc1nc(C(=O)N2CCC3(CCC(=O)N(CCCO)C3)CC2)cs1. The summed E-state index contributed by atoms with van der Waals surface area (Å²) in [5, 5.41) is 11.7. The molecule has 1 aromatic rings. The molecule has 1 N–H and O–H groups in total. The summed E-state index contributed by atoms with van der Waals surface area (Å²) in [6, 6.07) is 0. The number of amides is 2. The number of aliphatic hydroxyl groups is 1. The topological polar surface area (TPSA) is 73.7 Å². The zero-order valence-corrected chi connectivity index (χ0v) is 15.0. The molecule has 3 heterocycles. The van der Waals surface area contributed by atoms with Crippen molar-refractivity contribution in [1.29, 1.82) is 0 Å². The maximum absolute atomic E-state index is 12.5. The second kappa shape index (κ2) is 7.19. The monoisotopic (exact) mass is 351 g/mol. The van der Waals surface area contributed by atoms with Crippen LogP contribution in [-0.2, 0) is 4.79 Å². The van der Waals surface area contributed by atoms with Gasteiger partial charge in [-0.15, -0.1) is 11.3 Å². The third kappa shape index (κ3) is 3.62. The first kappa shape index (κ1) is 17.4. The van der Waals surface area contributed by atoms with Gasteiger partial charge in [-0.2, -0.15) is 0 Å². The standard InChI is InChI=1S/C17H25N3O3S/c1-13-18-14(11-24-13)16(23)19-8-5-17(6-9-19)4-3-15(22)20(12-17)7-2-10-21/h11,21H,2-10,12H2,1H3. The highest BCUT2D eigenvalue weighted by Crippen LogP contribution is 2.40. The van der Waals surface area contributed by atoms with Crippen LogP contribution in [0.25, 0.3) is 0 Å². The van der Waals surface area contributed by atoms with Gasteiger partial charge >= 0.3 is 0 Å². The van der Waals surface area contributed by atoms with Crippen molar-refractivity contribution in [2.75, 3.05) is 32.8 Å². The number of aryl methyl sites for hydroxylation is 1. The summed E-state index contributed by atoms with van der Waals surface area (Å²) in [6.45, 7) is 4.90. The first-order valence-electron chi connectivity index (χ1n) is 8.63. The van der Waals surface area contributed by atoms with Crippen LogP contribution in [0, 0.1) is 12.3 Å². The minimum Gasteiger partial charge on any atom is -0.396 e. The Morgan fingerprint density at radius 3 is 2.75 bits per heavy atom. The highest BCUT2D eigenvalue weighted by molar-refractivity contribution is 7.09. The number of nitrogens with zero attached hydrogens (tertiary/aromatic N) is 3. The van der Waals surface area contributed by atoms with Gasteiger partial charge in [0, 0.05) is 44.6 Å². The Labute approximate surface area is 146 Å². The van der Waals surface area contributed by atoms with E-state index in [0.29, 0.717) is 25.1 Å². The third-order valence-electron chi connectivity index (χ3n) is 5.28. The largest absolute Gasteiger partial charge is 0.396 e. The molecule has 2 aliphatic heterocycles. The van der Waals surface area contributed by atoms with E-state index in [0.717, 1.165) is 43.9 Å². The molecular weight excluding hydrogens is 326 g/mol. The molecule has 0 radical (unpaired) electrons. The summed E-state index contributed by atoms with van der Waals surface area (Å²) in [6.07, 6.45) is 4.01.